The predicted molar refractivity (Wildman–Crippen MR) is 113 cm³/mol. The monoisotopic (exact) mass is 419 g/mol. The molecular formula is C21H17N5O5. The fourth-order valence-electron chi connectivity index (χ4n) is 3.19. The molecule has 1 aromatic heterocycles. The minimum Gasteiger partial charge on any atom is -0.472 e. The molecule has 3 aromatic rings. The van der Waals surface area contributed by atoms with Gasteiger partial charge in [-0.05, 0) is 18.2 Å². The molecule has 31 heavy (non-hydrogen) atoms. The minimum absolute atomic E-state index is 0.131. The predicted octanol–water partition coefficient (Wildman–Crippen LogP) is 2.68. The summed E-state index contributed by atoms with van der Waals surface area (Å²) in [5.41, 5.74) is 6.46. The van der Waals surface area contributed by atoms with Gasteiger partial charge in [0.1, 0.15) is 12.4 Å². The summed E-state index contributed by atoms with van der Waals surface area (Å²) in [4.78, 5) is 41.6. The Morgan fingerprint density at radius 3 is 2.68 bits per heavy atom. The molecule has 0 aliphatic carbocycles. The van der Waals surface area contributed by atoms with Crippen molar-refractivity contribution in [2.45, 2.75) is 6.10 Å². The van der Waals surface area contributed by atoms with Gasteiger partial charge in [0.15, 0.2) is 11.6 Å². The van der Waals surface area contributed by atoms with Crippen molar-refractivity contribution in [1.29, 1.82) is 0 Å². The summed E-state index contributed by atoms with van der Waals surface area (Å²) in [5, 5.41) is 13.5. The molecule has 0 saturated carbocycles. The number of aromatic nitrogens is 1. The Balaban J connectivity index is 1.61. The zero-order valence-corrected chi connectivity index (χ0v) is 16.1. The summed E-state index contributed by atoms with van der Waals surface area (Å²) in [6.07, 6.45) is -0.954. The number of ether oxygens (including phenoxy) is 1. The molecule has 1 atom stereocenters. The molecule has 0 spiro atoms. The summed E-state index contributed by atoms with van der Waals surface area (Å²) in [6.45, 7) is -0.377. The number of amides is 2. The van der Waals surface area contributed by atoms with Crippen LogP contribution in [-0.2, 0) is 9.59 Å². The highest BCUT2D eigenvalue weighted by Crippen LogP contribution is 2.38. The van der Waals surface area contributed by atoms with Crippen molar-refractivity contribution in [3.05, 3.63) is 82.4 Å². The molecule has 0 saturated heterocycles. The van der Waals surface area contributed by atoms with Gasteiger partial charge >= 0.3 is 0 Å². The summed E-state index contributed by atoms with van der Waals surface area (Å²) in [5.74, 6) is -0.432. The number of carbonyl (C=O) groups excluding carboxylic acids is 2. The van der Waals surface area contributed by atoms with Crippen LogP contribution in [0.1, 0.15) is 11.7 Å². The zero-order valence-electron chi connectivity index (χ0n) is 16.1. The van der Waals surface area contributed by atoms with Crippen LogP contribution >= 0.6 is 0 Å². The van der Waals surface area contributed by atoms with Gasteiger partial charge in [-0.3, -0.25) is 24.6 Å². The molecule has 0 bridgehead atoms. The van der Waals surface area contributed by atoms with Crippen LogP contribution in [-0.4, -0.2) is 28.3 Å². The largest absolute Gasteiger partial charge is 0.472 e. The third-order valence-corrected chi connectivity index (χ3v) is 4.60. The van der Waals surface area contributed by atoms with Gasteiger partial charge in [-0.2, -0.15) is 0 Å². The Morgan fingerprint density at radius 2 is 1.94 bits per heavy atom. The van der Waals surface area contributed by atoms with Gasteiger partial charge in [-0.25, -0.2) is 4.98 Å². The van der Waals surface area contributed by atoms with Crippen LogP contribution in [0.3, 0.4) is 0 Å². The number of nitrogen functional groups attached to an aromatic ring is 1. The molecule has 10 heteroatoms. The molecule has 2 aromatic carbocycles. The number of nitro benzene ring substituents is 1. The van der Waals surface area contributed by atoms with Gasteiger partial charge < -0.3 is 15.8 Å². The van der Waals surface area contributed by atoms with E-state index in [-0.39, 0.29) is 29.6 Å². The number of pyridine rings is 1. The standard InChI is InChI=1S/C21H17N5O5/c22-17-10-9-16-20(24-17)25(21(28)19(31-16)13-5-2-1-3-6-13)12-18(27)23-14-7-4-8-15(11-14)26(29)30/h1-11,19H,12H2,(H2,22,24)(H,23,27). The maximum atomic E-state index is 13.2. The smallest absolute Gasteiger partial charge is 0.274 e. The van der Waals surface area contributed by atoms with Crippen LogP contribution in [0.15, 0.2) is 66.7 Å². The lowest BCUT2D eigenvalue weighted by atomic mass is 10.1. The lowest BCUT2D eigenvalue weighted by Gasteiger charge is -2.33. The lowest BCUT2D eigenvalue weighted by Crippen LogP contribution is -2.45. The molecule has 1 aliphatic heterocycles. The SMILES string of the molecule is Nc1ccc2c(n1)N(CC(=O)Nc1cccc([N+](=O)[O-])c1)C(=O)C(c1ccccc1)O2. The van der Waals surface area contributed by atoms with Gasteiger partial charge in [-0.1, -0.05) is 36.4 Å². The number of anilines is 3. The first kappa shape index (κ1) is 19.8. The minimum atomic E-state index is -0.954. The average molecular weight is 419 g/mol. The Labute approximate surface area is 176 Å². The van der Waals surface area contributed by atoms with Gasteiger partial charge in [0.25, 0.3) is 11.6 Å². The summed E-state index contributed by atoms with van der Waals surface area (Å²) in [6, 6.07) is 17.5. The number of non-ortho nitro benzene ring substituents is 1. The molecule has 0 radical (unpaired) electrons. The van der Waals surface area contributed by atoms with E-state index < -0.39 is 22.8 Å². The number of nitrogens with zero attached hydrogens (tertiary/aromatic N) is 3. The van der Waals surface area contributed by atoms with Crippen molar-refractivity contribution in [2.24, 2.45) is 0 Å². The van der Waals surface area contributed by atoms with Crippen molar-refractivity contribution in [3.8, 4) is 5.75 Å². The molecule has 2 amide bonds. The van der Waals surface area contributed by atoms with E-state index >= 15 is 0 Å². The van der Waals surface area contributed by atoms with E-state index in [9.17, 15) is 19.7 Å². The fraction of sp³-hybridized carbons (Fsp3) is 0.0952. The molecule has 0 fully saturated rings. The number of rotatable bonds is 5. The van der Waals surface area contributed by atoms with Gasteiger partial charge in [0, 0.05) is 23.4 Å². The van der Waals surface area contributed by atoms with E-state index in [1.54, 1.807) is 30.3 Å². The van der Waals surface area contributed by atoms with Crippen LogP contribution in [0.25, 0.3) is 0 Å². The first-order valence-corrected chi connectivity index (χ1v) is 9.26. The number of fused-ring (bicyclic) bond motifs is 1. The number of hydrogen-bond acceptors (Lipinski definition) is 7. The van der Waals surface area contributed by atoms with Gasteiger partial charge in [0.2, 0.25) is 12.0 Å². The van der Waals surface area contributed by atoms with Crippen LogP contribution in [0.5, 0.6) is 5.75 Å². The second kappa shape index (κ2) is 8.11. The topological polar surface area (TPSA) is 141 Å². The third-order valence-electron chi connectivity index (χ3n) is 4.60. The average Bonchev–Trinajstić information content (AvgIpc) is 2.76. The van der Waals surface area contributed by atoms with Gasteiger partial charge in [0.05, 0.1) is 4.92 Å². The normalized spacial score (nSPS) is 15.0. The number of carbonyl (C=O) groups is 2. The molecule has 1 unspecified atom stereocenters. The van der Waals surface area contributed by atoms with E-state index in [2.05, 4.69) is 10.3 Å². The highest BCUT2D eigenvalue weighted by atomic mass is 16.6. The number of nitrogens with two attached hydrogens (primary N) is 1. The van der Waals surface area contributed by atoms with Crippen LogP contribution < -0.4 is 20.7 Å². The first-order valence-electron chi connectivity index (χ1n) is 9.26. The molecule has 156 valence electrons. The fourth-order valence-corrected chi connectivity index (χ4v) is 3.19. The number of benzene rings is 2. The molecule has 2 heterocycles. The Morgan fingerprint density at radius 1 is 1.16 bits per heavy atom. The van der Waals surface area contributed by atoms with Crippen molar-refractivity contribution in [1.82, 2.24) is 4.98 Å². The van der Waals surface area contributed by atoms with Crippen LogP contribution in [0, 0.1) is 10.1 Å². The van der Waals surface area contributed by atoms with Crippen LogP contribution in [0.2, 0.25) is 0 Å². The second-order valence-electron chi connectivity index (χ2n) is 6.75. The van der Waals surface area contributed by atoms with E-state index in [1.807, 2.05) is 6.07 Å². The Hall–Kier alpha value is -4.47. The van der Waals surface area contributed by atoms with E-state index in [4.69, 9.17) is 10.5 Å². The van der Waals surface area contributed by atoms with Crippen molar-refractivity contribution in [2.75, 3.05) is 22.5 Å². The third kappa shape index (κ3) is 4.13. The second-order valence-corrected chi connectivity index (χ2v) is 6.75. The zero-order chi connectivity index (χ0) is 22.0. The Kier molecular flexibility index (Phi) is 5.19. The summed E-state index contributed by atoms with van der Waals surface area (Å²) >= 11 is 0. The Bertz CT molecular complexity index is 1170. The highest BCUT2D eigenvalue weighted by molar-refractivity contribution is 6.06. The number of hydrogen-bond donors (Lipinski definition) is 2. The maximum Gasteiger partial charge on any atom is 0.274 e. The van der Waals surface area contributed by atoms with E-state index in [0.717, 1.165) is 0 Å². The lowest BCUT2D eigenvalue weighted by molar-refractivity contribution is -0.384. The molecule has 10 nitrogen and oxygen atoms in total. The van der Waals surface area contributed by atoms with Gasteiger partial charge in [-0.15, -0.1) is 0 Å². The van der Waals surface area contributed by atoms with Crippen molar-refractivity contribution >= 4 is 34.8 Å². The molecular weight excluding hydrogens is 402 g/mol. The highest BCUT2D eigenvalue weighted by Gasteiger charge is 2.37. The summed E-state index contributed by atoms with van der Waals surface area (Å²) < 4.78 is 5.84. The van der Waals surface area contributed by atoms with Crippen molar-refractivity contribution in [3.63, 3.8) is 0 Å². The summed E-state index contributed by atoms with van der Waals surface area (Å²) in [7, 11) is 0. The number of nitro groups is 1. The first-order chi connectivity index (χ1) is 14.9. The molecule has 4 rings (SSSR count). The van der Waals surface area contributed by atoms with E-state index in [0.29, 0.717) is 11.3 Å². The molecule has 1 aliphatic rings. The number of nitrogens with one attached hydrogen (secondary N) is 1. The molecule has 3 N–H and O–H groups in total. The quantitative estimate of drug-likeness (QED) is 0.478. The van der Waals surface area contributed by atoms with E-state index in [1.165, 1.54) is 35.2 Å². The van der Waals surface area contributed by atoms with Crippen LogP contribution in [0.4, 0.5) is 23.0 Å². The maximum absolute atomic E-state index is 13.2. The van der Waals surface area contributed by atoms with Crippen molar-refractivity contribution < 1.29 is 19.2 Å².